The molecule has 122 valence electrons. The molecule has 6 heteroatoms. The fourth-order valence-electron chi connectivity index (χ4n) is 2.54. The summed E-state index contributed by atoms with van der Waals surface area (Å²) in [7, 11) is 4.77. The lowest BCUT2D eigenvalue weighted by Gasteiger charge is -2.22. The van der Waals surface area contributed by atoms with Crippen LogP contribution in [0.25, 0.3) is 0 Å². The molecule has 0 radical (unpaired) electrons. The van der Waals surface area contributed by atoms with Crippen molar-refractivity contribution in [3.8, 4) is 5.75 Å². The van der Waals surface area contributed by atoms with E-state index in [1.807, 2.05) is 31.2 Å². The van der Waals surface area contributed by atoms with E-state index in [9.17, 15) is 4.79 Å². The minimum atomic E-state index is -0.439. The molecule has 1 heterocycles. The van der Waals surface area contributed by atoms with Crippen molar-refractivity contribution in [1.29, 1.82) is 0 Å². The fourth-order valence-corrected chi connectivity index (χ4v) is 2.54. The van der Waals surface area contributed by atoms with Gasteiger partial charge in [0.15, 0.2) is 6.29 Å². The average Bonchev–Trinajstić information content (AvgIpc) is 3.28. The molecule has 1 aliphatic rings. The number of benzene rings is 1. The molecule has 1 aromatic rings. The number of rotatable bonds is 8. The van der Waals surface area contributed by atoms with Crippen LogP contribution in [0.5, 0.6) is 5.75 Å². The lowest BCUT2D eigenvalue weighted by Crippen LogP contribution is -2.45. The van der Waals surface area contributed by atoms with Crippen molar-refractivity contribution in [3.63, 3.8) is 0 Å². The third-order valence-electron chi connectivity index (χ3n) is 3.83. The van der Waals surface area contributed by atoms with Crippen LogP contribution >= 0.6 is 0 Å². The number of nitrogens with one attached hydrogen (secondary N) is 1. The maximum absolute atomic E-state index is 12.2. The normalized spacial score (nSPS) is 21.5. The summed E-state index contributed by atoms with van der Waals surface area (Å²) in [6.45, 7) is 3.32. The van der Waals surface area contributed by atoms with Gasteiger partial charge in [0, 0.05) is 32.9 Å². The van der Waals surface area contributed by atoms with E-state index in [4.69, 9.17) is 14.2 Å². The summed E-state index contributed by atoms with van der Waals surface area (Å²) in [5, 5.41) is 2.93. The van der Waals surface area contributed by atoms with E-state index in [1.54, 1.807) is 21.3 Å². The summed E-state index contributed by atoms with van der Waals surface area (Å²) in [6.07, 6.45) is -0.439. The maximum Gasteiger partial charge on any atom is 0.239 e. The van der Waals surface area contributed by atoms with E-state index in [-0.39, 0.29) is 18.0 Å². The SMILES string of the molecule is COc1ccccc1CN1CC1C(=O)NC(C)C(OC)OC. The highest BCUT2D eigenvalue weighted by Gasteiger charge is 2.41. The molecule has 0 aliphatic carbocycles. The number of amides is 1. The predicted molar refractivity (Wildman–Crippen MR) is 82.6 cm³/mol. The number of hydrogen-bond donors (Lipinski definition) is 1. The Hall–Kier alpha value is -1.63. The molecule has 0 spiro atoms. The topological polar surface area (TPSA) is 59.8 Å². The second-order valence-corrected chi connectivity index (χ2v) is 5.39. The monoisotopic (exact) mass is 308 g/mol. The zero-order valence-corrected chi connectivity index (χ0v) is 13.5. The number of methoxy groups -OCH3 is 3. The molecule has 1 aliphatic heterocycles. The van der Waals surface area contributed by atoms with E-state index in [1.165, 1.54) is 0 Å². The smallest absolute Gasteiger partial charge is 0.239 e. The van der Waals surface area contributed by atoms with E-state index >= 15 is 0 Å². The minimum Gasteiger partial charge on any atom is -0.496 e. The Bertz CT molecular complexity index is 505. The van der Waals surface area contributed by atoms with Gasteiger partial charge < -0.3 is 19.5 Å². The summed E-state index contributed by atoms with van der Waals surface area (Å²) >= 11 is 0. The van der Waals surface area contributed by atoms with Crippen LogP contribution in [-0.4, -0.2) is 57.1 Å². The average molecular weight is 308 g/mol. The lowest BCUT2D eigenvalue weighted by molar-refractivity contribution is -0.136. The second kappa shape index (κ2) is 7.58. The van der Waals surface area contributed by atoms with Crippen molar-refractivity contribution in [2.24, 2.45) is 0 Å². The molecule has 3 unspecified atom stereocenters. The second-order valence-electron chi connectivity index (χ2n) is 5.39. The van der Waals surface area contributed by atoms with Gasteiger partial charge in [-0.25, -0.2) is 0 Å². The molecular weight excluding hydrogens is 284 g/mol. The van der Waals surface area contributed by atoms with Gasteiger partial charge in [-0.2, -0.15) is 0 Å². The lowest BCUT2D eigenvalue weighted by atomic mass is 10.2. The number of carbonyl (C=O) groups is 1. The van der Waals surface area contributed by atoms with Crippen LogP contribution < -0.4 is 10.1 Å². The standard InChI is InChI=1S/C16H24N2O4/c1-11(16(21-3)22-4)17-15(19)13-10-18(13)9-12-7-5-6-8-14(12)20-2/h5-8,11,13,16H,9-10H2,1-4H3,(H,17,19). The first-order valence-corrected chi connectivity index (χ1v) is 7.32. The Morgan fingerprint density at radius 1 is 1.32 bits per heavy atom. The predicted octanol–water partition coefficient (Wildman–Crippen LogP) is 1.00. The van der Waals surface area contributed by atoms with Crippen LogP contribution in [0.2, 0.25) is 0 Å². The van der Waals surface area contributed by atoms with Crippen molar-refractivity contribution < 1.29 is 19.0 Å². The highest BCUT2D eigenvalue weighted by Crippen LogP contribution is 2.26. The van der Waals surface area contributed by atoms with Crippen LogP contribution in [0, 0.1) is 0 Å². The fraction of sp³-hybridized carbons (Fsp3) is 0.562. The van der Waals surface area contributed by atoms with E-state index < -0.39 is 6.29 Å². The molecule has 1 saturated heterocycles. The zero-order valence-electron chi connectivity index (χ0n) is 13.5. The summed E-state index contributed by atoms with van der Waals surface area (Å²) in [6, 6.07) is 7.56. The van der Waals surface area contributed by atoms with Gasteiger partial charge in [-0.05, 0) is 13.0 Å². The van der Waals surface area contributed by atoms with Crippen LogP contribution in [0.1, 0.15) is 12.5 Å². The van der Waals surface area contributed by atoms with E-state index in [0.29, 0.717) is 6.54 Å². The van der Waals surface area contributed by atoms with E-state index in [2.05, 4.69) is 10.2 Å². The Balaban J connectivity index is 1.85. The first kappa shape index (κ1) is 16.7. The first-order valence-electron chi connectivity index (χ1n) is 7.32. The molecule has 2 rings (SSSR count). The van der Waals surface area contributed by atoms with Crippen molar-refractivity contribution in [1.82, 2.24) is 10.2 Å². The summed E-state index contributed by atoms with van der Waals surface area (Å²) in [5.74, 6) is 0.849. The molecule has 0 bridgehead atoms. The molecule has 1 aromatic carbocycles. The Labute approximate surface area is 131 Å². The molecule has 22 heavy (non-hydrogen) atoms. The third-order valence-corrected chi connectivity index (χ3v) is 3.83. The van der Waals surface area contributed by atoms with Crippen LogP contribution in [-0.2, 0) is 20.8 Å². The zero-order chi connectivity index (χ0) is 16.1. The Kier molecular flexibility index (Phi) is 5.76. The van der Waals surface area contributed by atoms with E-state index in [0.717, 1.165) is 17.9 Å². The van der Waals surface area contributed by atoms with Gasteiger partial charge >= 0.3 is 0 Å². The van der Waals surface area contributed by atoms with Crippen molar-refractivity contribution in [3.05, 3.63) is 29.8 Å². The van der Waals surface area contributed by atoms with Crippen molar-refractivity contribution in [2.75, 3.05) is 27.9 Å². The van der Waals surface area contributed by atoms with Crippen LogP contribution in [0.4, 0.5) is 0 Å². The van der Waals surface area contributed by atoms with Gasteiger partial charge in [0.05, 0.1) is 13.2 Å². The number of hydrogen-bond acceptors (Lipinski definition) is 5. The molecule has 0 aromatic heterocycles. The van der Waals surface area contributed by atoms with Crippen molar-refractivity contribution >= 4 is 5.91 Å². The quantitative estimate of drug-likeness (QED) is 0.573. The molecule has 6 nitrogen and oxygen atoms in total. The van der Waals surface area contributed by atoms with Crippen LogP contribution in [0.15, 0.2) is 24.3 Å². The highest BCUT2D eigenvalue weighted by atomic mass is 16.7. The summed E-state index contributed by atoms with van der Waals surface area (Å²) in [4.78, 5) is 14.3. The summed E-state index contributed by atoms with van der Waals surface area (Å²) < 4.78 is 15.6. The molecule has 1 fully saturated rings. The minimum absolute atomic E-state index is 0.00139. The molecule has 1 N–H and O–H groups in total. The van der Waals surface area contributed by atoms with Gasteiger partial charge in [-0.15, -0.1) is 0 Å². The van der Waals surface area contributed by atoms with Crippen LogP contribution in [0.3, 0.4) is 0 Å². The third kappa shape index (κ3) is 3.97. The van der Waals surface area contributed by atoms with Gasteiger partial charge in [-0.3, -0.25) is 9.69 Å². The largest absolute Gasteiger partial charge is 0.496 e. The van der Waals surface area contributed by atoms with Gasteiger partial charge in [0.1, 0.15) is 11.8 Å². The van der Waals surface area contributed by atoms with Gasteiger partial charge in [-0.1, -0.05) is 18.2 Å². The Morgan fingerprint density at radius 3 is 2.64 bits per heavy atom. The number of carbonyl (C=O) groups excluding carboxylic acids is 1. The maximum atomic E-state index is 12.2. The molecule has 1 amide bonds. The van der Waals surface area contributed by atoms with Gasteiger partial charge in [0.25, 0.3) is 0 Å². The highest BCUT2D eigenvalue weighted by molar-refractivity contribution is 5.84. The molecular formula is C16H24N2O4. The Morgan fingerprint density at radius 2 is 2.00 bits per heavy atom. The van der Waals surface area contributed by atoms with Gasteiger partial charge in [0.2, 0.25) is 5.91 Å². The number of nitrogens with zero attached hydrogens (tertiary/aromatic N) is 1. The number of ether oxygens (including phenoxy) is 3. The molecule has 0 saturated carbocycles. The van der Waals surface area contributed by atoms with Crippen molar-refractivity contribution in [2.45, 2.75) is 31.8 Å². The molecule has 3 atom stereocenters. The first-order chi connectivity index (χ1) is 10.6. The number of para-hydroxylation sites is 1. The summed E-state index contributed by atoms with van der Waals surface area (Å²) in [5.41, 5.74) is 1.08.